The Balaban J connectivity index is 1.71. The molecule has 0 spiro atoms. The maximum atomic E-state index is 12.6. The summed E-state index contributed by atoms with van der Waals surface area (Å²) in [5.74, 6) is 0.303. The van der Waals surface area contributed by atoms with Crippen molar-refractivity contribution in [3.63, 3.8) is 0 Å². The molecule has 1 saturated heterocycles. The maximum absolute atomic E-state index is 12.6. The number of nitrogens with zero attached hydrogens (tertiary/aromatic N) is 4. The van der Waals surface area contributed by atoms with E-state index in [9.17, 15) is 9.59 Å². The van der Waals surface area contributed by atoms with Crippen LogP contribution in [-0.2, 0) is 4.79 Å². The highest BCUT2D eigenvalue weighted by atomic mass is 16.2. The zero-order valence-corrected chi connectivity index (χ0v) is 14.9. The first-order chi connectivity index (χ1) is 12.5. The van der Waals surface area contributed by atoms with Crippen LogP contribution in [0.2, 0.25) is 0 Å². The van der Waals surface area contributed by atoms with Gasteiger partial charge in [0.05, 0.1) is 0 Å². The molecule has 0 radical (unpaired) electrons. The second-order valence-corrected chi connectivity index (χ2v) is 6.27. The summed E-state index contributed by atoms with van der Waals surface area (Å²) in [7, 11) is 2.05. The van der Waals surface area contributed by atoms with Gasteiger partial charge in [-0.1, -0.05) is 6.07 Å². The third-order valence-corrected chi connectivity index (χ3v) is 4.13. The summed E-state index contributed by atoms with van der Waals surface area (Å²) in [6.45, 7) is 4.57. The van der Waals surface area contributed by atoms with Gasteiger partial charge < -0.3 is 20.4 Å². The van der Waals surface area contributed by atoms with E-state index in [0.29, 0.717) is 30.3 Å². The van der Waals surface area contributed by atoms with Crippen LogP contribution in [0.15, 0.2) is 36.7 Å². The van der Waals surface area contributed by atoms with Crippen LogP contribution < -0.4 is 10.6 Å². The molecule has 0 bridgehead atoms. The van der Waals surface area contributed by atoms with Crippen molar-refractivity contribution in [2.75, 3.05) is 43.9 Å². The Kier molecular flexibility index (Phi) is 5.43. The summed E-state index contributed by atoms with van der Waals surface area (Å²) in [6, 6.07) is 8.92. The molecule has 0 aliphatic carbocycles. The Labute approximate surface area is 152 Å². The predicted molar refractivity (Wildman–Crippen MR) is 99.5 cm³/mol. The topological polar surface area (TPSA) is 90.5 Å². The number of rotatable bonds is 4. The molecule has 2 amide bonds. The van der Waals surface area contributed by atoms with Crippen molar-refractivity contribution in [2.45, 2.75) is 6.92 Å². The Morgan fingerprint density at radius 1 is 1.04 bits per heavy atom. The third kappa shape index (κ3) is 4.54. The van der Waals surface area contributed by atoms with E-state index in [1.54, 1.807) is 18.2 Å². The minimum Gasteiger partial charge on any atom is -0.340 e. The molecule has 1 aromatic heterocycles. The number of piperazine rings is 1. The lowest BCUT2D eigenvalue weighted by Gasteiger charge is -2.32. The van der Waals surface area contributed by atoms with Crippen LogP contribution in [-0.4, -0.2) is 64.8 Å². The Hall–Kier alpha value is -3.00. The molecule has 0 saturated carbocycles. The number of likely N-dealkylation sites (N-methyl/N-ethyl adjacent to an activating group) is 1. The predicted octanol–water partition coefficient (Wildman–Crippen LogP) is 1.57. The number of amides is 2. The molecule has 0 atom stereocenters. The fraction of sp³-hybridized carbons (Fsp3) is 0.333. The normalized spacial score (nSPS) is 14.8. The van der Waals surface area contributed by atoms with Crippen molar-refractivity contribution in [3.05, 3.63) is 42.4 Å². The lowest BCUT2D eigenvalue weighted by atomic mass is 10.2. The van der Waals surface area contributed by atoms with Gasteiger partial charge in [-0.3, -0.25) is 9.59 Å². The molecule has 3 rings (SSSR count). The van der Waals surface area contributed by atoms with Crippen molar-refractivity contribution in [2.24, 2.45) is 0 Å². The summed E-state index contributed by atoms with van der Waals surface area (Å²) in [6.07, 6.45) is 1.38. The molecule has 0 unspecified atom stereocenters. The molecule has 1 aromatic carbocycles. The highest BCUT2D eigenvalue weighted by Gasteiger charge is 2.21. The van der Waals surface area contributed by atoms with Crippen LogP contribution in [0.3, 0.4) is 0 Å². The number of benzene rings is 1. The molecule has 2 aromatic rings. The summed E-state index contributed by atoms with van der Waals surface area (Å²) < 4.78 is 0. The van der Waals surface area contributed by atoms with Gasteiger partial charge in [-0.25, -0.2) is 9.97 Å². The van der Waals surface area contributed by atoms with Gasteiger partial charge in [0.25, 0.3) is 5.91 Å². The SMILES string of the molecule is CC(=O)Nc1cccc(Nc2cc(C(=O)N3CCN(C)CC3)ncn2)c1. The fourth-order valence-corrected chi connectivity index (χ4v) is 2.74. The van der Waals surface area contributed by atoms with Gasteiger partial charge in [-0.2, -0.15) is 0 Å². The number of carbonyl (C=O) groups is 2. The number of carbonyl (C=O) groups excluding carboxylic acids is 2. The molecule has 1 fully saturated rings. The second-order valence-electron chi connectivity index (χ2n) is 6.27. The van der Waals surface area contributed by atoms with Crippen molar-refractivity contribution < 1.29 is 9.59 Å². The molecule has 2 N–H and O–H groups in total. The average molecular weight is 354 g/mol. The van der Waals surface area contributed by atoms with Gasteiger partial charge >= 0.3 is 0 Å². The average Bonchev–Trinajstić information content (AvgIpc) is 2.62. The molecule has 8 nitrogen and oxygen atoms in total. The zero-order chi connectivity index (χ0) is 18.5. The molecule has 8 heteroatoms. The van der Waals surface area contributed by atoms with E-state index in [2.05, 4.69) is 25.5 Å². The molecule has 1 aliphatic heterocycles. The van der Waals surface area contributed by atoms with E-state index in [1.807, 2.05) is 24.1 Å². The Morgan fingerprint density at radius 3 is 2.50 bits per heavy atom. The Bertz CT molecular complexity index is 802. The molecular formula is C18H22N6O2. The summed E-state index contributed by atoms with van der Waals surface area (Å²) >= 11 is 0. The second kappa shape index (κ2) is 7.92. The maximum Gasteiger partial charge on any atom is 0.272 e. The fourth-order valence-electron chi connectivity index (χ4n) is 2.74. The van der Waals surface area contributed by atoms with Crippen molar-refractivity contribution in [1.29, 1.82) is 0 Å². The van der Waals surface area contributed by atoms with Gasteiger partial charge in [0.2, 0.25) is 5.91 Å². The van der Waals surface area contributed by atoms with Gasteiger partial charge in [-0.05, 0) is 25.2 Å². The smallest absolute Gasteiger partial charge is 0.272 e. The van der Waals surface area contributed by atoms with Gasteiger partial charge in [0.15, 0.2) is 0 Å². The first kappa shape index (κ1) is 17.8. The highest BCUT2D eigenvalue weighted by Crippen LogP contribution is 2.19. The first-order valence-corrected chi connectivity index (χ1v) is 8.46. The number of anilines is 3. The van der Waals surface area contributed by atoms with Gasteiger partial charge in [0.1, 0.15) is 17.8 Å². The number of nitrogens with one attached hydrogen (secondary N) is 2. The lowest BCUT2D eigenvalue weighted by Crippen LogP contribution is -2.47. The van der Waals surface area contributed by atoms with Crippen molar-refractivity contribution >= 4 is 29.0 Å². The largest absolute Gasteiger partial charge is 0.340 e. The number of hydrogen-bond acceptors (Lipinski definition) is 6. The quantitative estimate of drug-likeness (QED) is 0.866. The van der Waals surface area contributed by atoms with E-state index < -0.39 is 0 Å². The lowest BCUT2D eigenvalue weighted by molar-refractivity contribution is -0.114. The van der Waals surface area contributed by atoms with Crippen LogP contribution in [0.25, 0.3) is 0 Å². The third-order valence-electron chi connectivity index (χ3n) is 4.13. The van der Waals surface area contributed by atoms with Gasteiger partial charge in [-0.15, -0.1) is 0 Å². The van der Waals surface area contributed by atoms with Crippen molar-refractivity contribution in [1.82, 2.24) is 19.8 Å². The Morgan fingerprint density at radius 2 is 1.77 bits per heavy atom. The van der Waals surface area contributed by atoms with E-state index in [4.69, 9.17) is 0 Å². The van der Waals surface area contributed by atoms with Crippen molar-refractivity contribution in [3.8, 4) is 0 Å². The summed E-state index contributed by atoms with van der Waals surface area (Å²) in [5, 5.41) is 5.87. The van der Waals surface area contributed by atoms with E-state index in [-0.39, 0.29) is 11.8 Å². The van der Waals surface area contributed by atoms with Gasteiger partial charge in [0, 0.05) is 50.5 Å². The monoisotopic (exact) mass is 354 g/mol. The minimum atomic E-state index is -0.135. The summed E-state index contributed by atoms with van der Waals surface area (Å²) in [4.78, 5) is 36.1. The number of aromatic nitrogens is 2. The van der Waals surface area contributed by atoms with E-state index in [0.717, 1.165) is 18.8 Å². The molecule has 136 valence electrons. The van der Waals surface area contributed by atoms with Crippen LogP contribution in [0.5, 0.6) is 0 Å². The van der Waals surface area contributed by atoms with Crippen LogP contribution >= 0.6 is 0 Å². The van der Waals surface area contributed by atoms with Crippen LogP contribution in [0, 0.1) is 0 Å². The molecule has 26 heavy (non-hydrogen) atoms. The summed E-state index contributed by atoms with van der Waals surface area (Å²) in [5.41, 5.74) is 1.81. The van der Waals surface area contributed by atoms with Crippen LogP contribution in [0.4, 0.5) is 17.2 Å². The van der Waals surface area contributed by atoms with E-state index >= 15 is 0 Å². The minimum absolute atomic E-state index is 0.0875. The number of hydrogen-bond donors (Lipinski definition) is 2. The molecule has 1 aliphatic rings. The highest BCUT2D eigenvalue weighted by molar-refractivity contribution is 5.93. The molecular weight excluding hydrogens is 332 g/mol. The standard InChI is InChI=1S/C18H22N6O2/c1-13(25)21-14-4-3-5-15(10-14)22-17-11-16(19-12-20-17)18(26)24-8-6-23(2)7-9-24/h3-5,10-12H,6-9H2,1-2H3,(H,21,25)(H,19,20,22). The zero-order valence-electron chi connectivity index (χ0n) is 14.9. The van der Waals surface area contributed by atoms with E-state index in [1.165, 1.54) is 13.3 Å². The first-order valence-electron chi connectivity index (χ1n) is 8.46. The molecule has 2 heterocycles. The van der Waals surface area contributed by atoms with Crippen LogP contribution in [0.1, 0.15) is 17.4 Å².